The molecule has 2 N–H and O–H groups in total. The summed E-state index contributed by atoms with van der Waals surface area (Å²) in [6.07, 6.45) is 7.67. The summed E-state index contributed by atoms with van der Waals surface area (Å²) in [4.78, 5) is 4.75. The predicted molar refractivity (Wildman–Crippen MR) is 104 cm³/mol. The first-order chi connectivity index (χ1) is 12.0. The number of nitrogens with one attached hydrogen (secondary N) is 2. The van der Waals surface area contributed by atoms with Crippen molar-refractivity contribution in [3.05, 3.63) is 11.6 Å². The first-order valence-electron chi connectivity index (χ1n) is 9.83. The SMILES string of the molecule is CCCCNC(=NCc1nnc(C)n1C)NCC1(CC(C)C)CCC1. The zero-order valence-corrected chi connectivity index (χ0v) is 16.7. The van der Waals surface area contributed by atoms with Crippen molar-refractivity contribution >= 4 is 5.96 Å². The molecule has 0 amide bonds. The Morgan fingerprint density at radius 2 is 2.04 bits per heavy atom. The highest BCUT2D eigenvalue weighted by molar-refractivity contribution is 5.79. The van der Waals surface area contributed by atoms with E-state index in [2.05, 4.69) is 41.6 Å². The molecule has 6 nitrogen and oxygen atoms in total. The van der Waals surface area contributed by atoms with E-state index in [1.165, 1.54) is 32.1 Å². The fourth-order valence-electron chi connectivity index (χ4n) is 3.56. The number of guanidine groups is 1. The van der Waals surface area contributed by atoms with Crippen molar-refractivity contribution in [3.63, 3.8) is 0 Å². The third kappa shape index (κ3) is 5.72. The second kappa shape index (κ2) is 9.20. The van der Waals surface area contributed by atoms with Crippen LogP contribution >= 0.6 is 0 Å². The van der Waals surface area contributed by atoms with E-state index in [9.17, 15) is 0 Å². The fraction of sp³-hybridized carbons (Fsp3) is 0.842. The molecule has 0 aliphatic heterocycles. The molecular weight excluding hydrogens is 312 g/mol. The molecule has 1 fully saturated rings. The van der Waals surface area contributed by atoms with Gasteiger partial charge in [0.1, 0.15) is 12.4 Å². The molecule has 142 valence electrons. The number of aliphatic imine (C=N–C) groups is 1. The lowest BCUT2D eigenvalue weighted by Crippen LogP contribution is -2.47. The number of hydrogen-bond acceptors (Lipinski definition) is 3. The van der Waals surface area contributed by atoms with Crippen LogP contribution in [0.2, 0.25) is 0 Å². The van der Waals surface area contributed by atoms with Crippen LogP contribution in [0, 0.1) is 18.3 Å². The highest BCUT2D eigenvalue weighted by Crippen LogP contribution is 2.45. The number of rotatable bonds is 9. The van der Waals surface area contributed by atoms with Gasteiger partial charge in [0.25, 0.3) is 0 Å². The molecule has 1 aromatic heterocycles. The molecule has 1 heterocycles. The van der Waals surface area contributed by atoms with E-state index in [0.717, 1.165) is 43.0 Å². The smallest absolute Gasteiger partial charge is 0.191 e. The van der Waals surface area contributed by atoms with E-state index in [0.29, 0.717) is 12.0 Å². The maximum absolute atomic E-state index is 4.75. The Balaban J connectivity index is 1.97. The molecule has 0 bridgehead atoms. The van der Waals surface area contributed by atoms with Crippen LogP contribution in [0.5, 0.6) is 0 Å². The third-order valence-electron chi connectivity index (χ3n) is 5.27. The summed E-state index contributed by atoms with van der Waals surface area (Å²) in [5, 5.41) is 15.4. The van der Waals surface area contributed by atoms with Crippen LogP contribution in [0.15, 0.2) is 4.99 Å². The van der Waals surface area contributed by atoms with Crippen molar-refractivity contribution in [2.75, 3.05) is 13.1 Å². The molecule has 0 unspecified atom stereocenters. The average molecular weight is 349 g/mol. The van der Waals surface area contributed by atoms with Crippen LogP contribution in [0.25, 0.3) is 0 Å². The first kappa shape index (κ1) is 19.7. The molecule has 25 heavy (non-hydrogen) atoms. The maximum Gasteiger partial charge on any atom is 0.191 e. The van der Waals surface area contributed by atoms with E-state index in [-0.39, 0.29) is 0 Å². The van der Waals surface area contributed by atoms with Crippen LogP contribution in [0.1, 0.15) is 70.9 Å². The van der Waals surface area contributed by atoms with Crippen molar-refractivity contribution in [1.82, 2.24) is 25.4 Å². The second-order valence-electron chi connectivity index (χ2n) is 7.97. The average Bonchev–Trinajstić information content (AvgIpc) is 2.85. The lowest BCUT2D eigenvalue weighted by Gasteiger charge is -2.43. The summed E-state index contributed by atoms with van der Waals surface area (Å²) in [5.74, 6) is 3.47. The molecule has 0 aromatic carbocycles. The molecule has 0 radical (unpaired) electrons. The topological polar surface area (TPSA) is 67.1 Å². The number of aromatic nitrogens is 3. The Kier molecular flexibility index (Phi) is 7.26. The van der Waals surface area contributed by atoms with Crippen molar-refractivity contribution in [2.45, 2.75) is 72.8 Å². The van der Waals surface area contributed by atoms with Crippen molar-refractivity contribution < 1.29 is 0 Å². The van der Waals surface area contributed by atoms with E-state index in [1.807, 2.05) is 18.5 Å². The minimum atomic E-state index is 0.461. The van der Waals surface area contributed by atoms with Gasteiger partial charge in [-0.1, -0.05) is 33.6 Å². The normalized spacial score (nSPS) is 16.8. The zero-order chi connectivity index (χ0) is 18.3. The lowest BCUT2D eigenvalue weighted by molar-refractivity contribution is 0.104. The van der Waals surface area contributed by atoms with Crippen molar-refractivity contribution in [2.24, 2.45) is 23.4 Å². The predicted octanol–water partition coefficient (Wildman–Crippen LogP) is 3.18. The molecule has 1 saturated carbocycles. The molecule has 0 spiro atoms. The van der Waals surface area contributed by atoms with Gasteiger partial charge in [0.2, 0.25) is 0 Å². The number of nitrogens with zero attached hydrogens (tertiary/aromatic N) is 4. The molecule has 2 rings (SSSR count). The van der Waals surface area contributed by atoms with E-state index in [1.54, 1.807) is 0 Å². The van der Waals surface area contributed by atoms with Gasteiger partial charge in [0.15, 0.2) is 11.8 Å². The minimum Gasteiger partial charge on any atom is -0.356 e. The van der Waals surface area contributed by atoms with Crippen LogP contribution in [-0.2, 0) is 13.6 Å². The molecule has 1 aromatic rings. The molecule has 1 aliphatic carbocycles. The third-order valence-corrected chi connectivity index (χ3v) is 5.27. The summed E-state index contributed by atoms with van der Waals surface area (Å²) in [5.41, 5.74) is 0.461. The van der Waals surface area contributed by atoms with Crippen LogP contribution in [0.3, 0.4) is 0 Å². The summed E-state index contributed by atoms with van der Waals surface area (Å²) < 4.78 is 2.00. The molecule has 0 saturated heterocycles. The minimum absolute atomic E-state index is 0.461. The lowest BCUT2D eigenvalue weighted by atomic mass is 9.64. The van der Waals surface area contributed by atoms with Gasteiger partial charge in [-0.3, -0.25) is 0 Å². The van der Waals surface area contributed by atoms with Gasteiger partial charge in [0.05, 0.1) is 0 Å². The van der Waals surface area contributed by atoms with Crippen molar-refractivity contribution in [3.8, 4) is 0 Å². The first-order valence-corrected chi connectivity index (χ1v) is 9.83. The highest BCUT2D eigenvalue weighted by atomic mass is 15.3. The maximum atomic E-state index is 4.75. The highest BCUT2D eigenvalue weighted by Gasteiger charge is 2.37. The van der Waals surface area contributed by atoms with Gasteiger partial charge in [-0.05, 0) is 43.9 Å². The van der Waals surface area contributed by atoms with Gasteiger partial charge < -0.3 is 15.2 Å². The van der Waals surface area contributed by atoms with Gasteiger partial charge in [-0.2, -0.15) is 0 Å². The molecular formula is C19H36N6. The van der Waals surface area contributed by atoms with Gasteiger partial charge >= 0.3 is 0 Å². The summed E-state index contributed by atoms with van der Waals surface area (Å²) in [7, 11) is 1.99. The van der Waals surface area contributed by atoms with Gasteiger partial charge in [-0.25, -0.2) is 4.99 Å². The van der Waals surface area contributed by atoms with E-state index in [4.69, 9.17) is 4.99 Å². The number of hydrogen-bond donors (Lipinski definition) is 2. The van der Waals surface area contributed by atoms with Crippen LogP contribution < -0.4 is 10.6 Å². The largest absolute Gasteiger partial charge is 0.356 e. The van der Waals surface area contributed by atoms with Gasteiger partial charge in [0, 0.05) is 20.1 Å². The Bertz CT molecular complexity index is 556. The Hall–Kier alpha value is -1.59. The summed E-state index contributed by atoms with van der Waals surface area (Å²) in [6.45, 7) is 11.3. The van der Waals surface area contributed by atoms with Crippen LogP contribution in [0.4, 0.5) is 0 Å². The zero-order valence-electron chi connectivity index (χ0n) is 16.7. The Labute approximate surface area is 152 Å². The quantitative estimate of drug-likeness (QED) is 0.409. The van der Waals surface area contributed by atoms with E-state index >= 15 is 0 Å². The molecule has 6 heteroatoms. The number of unbranched alkanes of at least 4 members (excludes halogenated alkanes) is 1. The Morgan fingerprint density at radius 1 is 1.28 bits per heavy atom. The monoisotopic (exact) mass is 348 g/mol. The molecule has 0 atom stereocenters. The standard InChI is InChI=1S/C19H36N6/c1-6-7-11-20-18(21-13-17-24-23-16(4)25(17)5)22-14-19(9-8-10-19)12-15(2)3/h15H,6-14H2,1-5H3,(H2,20,21,22). The van der Waals surface area contributed by atoms with Crippen LogP contribution in [-0.4, -0.2) is 33.8 Å². The molecule has 1 aliphatic rings. The van der Waals surface area contributed by atoms with Gasteiger partial charge in [-0.15, -0.1) is 10.2 Å². The number of aryl methyl sites for hydroxylation is 1. The summed E-state index contributed by atoms with van der Waals surface area (Å²) >= 11 is 0. The second-order valence-corrected chi connectivity index (χ2v) is 7.97. The fourth-order valence-corrected chi connectivity index (χ4v) is 3.56. The Morgan fingerprint density at radius 3 is 2.56 bits per heavy atom. The summed E-state index contributed by atoms with van der Waals surface area (Å²) in [6, 6.07) is 0. The van der Waals surface area contributed by atoms with E-state index < -0.39 is 0 Å². The van der Waals surface area contributed by atoms with Crippen molar-refractivity contribution in [1.29, 1.82) is 0 Å².